The Labute approximate surface area is 155 Å². The number of nitrogens with two attached hydrogens (primary N) is 1. The lowest BCUT2D eigenvalue weighted by molar-refractivity contribution is -0.182. The van der Waals surface area contributed by atoms with Crippen LogP contribution in [0.1, 0.15) is 23.2 Å². The van der Waals surface area contributed by atoms with Gasteiger partial charge in [-0.3, -0.25) is 0 Å². The second-order valence-corrected chi connectivity index (χ2v) is 6.35. The predicted molar refractivity (Wildman–Crippen MR) is 77.8 cm³/mol. The third kappa shape index (κ3) is 2.66. The van der Waals surface area contributed by atoms with Gasteiger partial charge in [-0.1, -0.05) is 11.6 Å². The number of nitrogen functional groups attached to an aromatic ring is 1. The van der Waals surface area contributed by atoms with Crippen LogP contribution in [0.2, 0.25) is 5.02 Å². The summed E-state index contributed by atoms with van der Waals surface area (Å²) in [5.74, 6) is -5.92. The monoisotopic (exact) mass is 431 g/mol. The summed E-state index contributed by atoms with van der Waals surface area (Å²) >= 11 is 5.69. The Morgan fingerprint density at radius 3 is 2.18 bits per heavy atom. The van der Waals surface area contributed by atoms with Crippen molar-refractivity contribution in [1.29, 1.82) is 5.26 Å². The van der Waals surface area contributed by atoms with Gasteiger partial charge in [-0.25, -0.2) is 13.8 Å². The van der Waals surface area contributed by atoms with E-state index in [1.54, 1.807) is 0 Å². The molecule has 2 aromatic heterocycles. The van der Waals surface area contributed by atoms with Crippen LogP contribution in [-0.4, -0.2) is 26.9 Å². The average molecular weight is 432 g/mol. The van der Waals surface area contributed by atoms with E-state index in [1.165, 1.54) is 6.07 Å². The number of nitriles is 1. The van der Waals surface area contributed by atoms with Crippen LogP contribution in [0.5, 0.6) is 0 Å². The number of rotatable bonds is 2. The molecule has 1 atom stereocenters. The molecule has 1 aliphatic carbocycles. The van der Waals surface area contributed by atoms with Gasteiger partial charge in [-0.05, 0) is 6.07 Å². The Morgan fingerprint density at radius 1 is 1.21 bits per heavy atom. The van der Waals surface area contributed by atoms with Crippen molar-refractivity contribution in [2.45, 2.75) is 30.1 Å². The topological polar surface area (TPSA) is 80.5 Å². The first kappa shape index (κ1) is 20.1. The minimum Gasteiger partial charge on any atom is -0.383 e. The van der Waals surface area contributed by atoms with Crippen LogP contribution in [0.15, 0.2) is 12.3 Å². The smallest absolute Gasteiger partial charge is 0.383 e. The fourth-order valence-electron chi connectivity index (χ4n) is 2.84. The van der Waals surface area contributed by atoms with Crippen molar-refractivity contribution in [3.05, 3.63) is 34.1 Å². The first-order valence-corrected chi connectivity index (χ1v) is 7.52. The molecule has 14 heteroatoms. The van der Waals surface area contributed by atoms with Gasteiger partial charge in [0.05, 0.1) is 16.1 Å². The van der Waals surface area contributed by atoms with E-state index in [-0.39, 0.29) is 0 Å². The molecular weight excluding hydrogens is 426 g/mol. The molecule has 0 saturated heterocycles. The van der Waals surface area contributed by atoms with Crippen molar-refractivity contribution < 1.29 is 35.1 Å². The predicted octanol–water partition coefficient (Wildman–Crippen LogP) is 4.23. The zero-order valence-electron chi connectivity index (χ0n) is 13.1. The summed E-state index contributed by atoms with van der Waals surface area (Å²) in [6.45, 7) is 0. The Kier molecular flexibility index (Phi) is 4.09. The van der Waals surface area contributed by atoms with Crippen LogP contribution in [0.4, 0.5) is 40.9 Å². The van der Waals surface area contributed by atoms with Crippen molar-refractivity contribution in [3.63, 3.8) is 0 Å². The SMILES string of the molecule is N#Cc1nn(-c2ncc(C(F)(F)F)cc2Cl)c(N)c1[C@]1(C(F)(F)F)CC1(F)F. The van der Waals surface area contributed by atoms with Crippen molar-refractivity contribution in [2.75, 3.05) is 5.73 Å². The highest BCUT2D eigenvalue weighted by atomic mass is 35.5. The summed E-state index contributed by atoms with van der Waals surface area (Å²) in [6, 6.07) is 1.65. The summed E-state index contributed by atoms with van der Waals surface area (Å²) in [6.07, 6.45) is -11.6. The van der Waals surface area contributed by atoms with E-state index in [0.29, 0.717) is 16.9 Å². The molecular formula is C14H6ClF8N5. The lowest BCUT2D eigenvalue weighted by Gasteiger charge is -2.20. The van der Waals surface area contributed by atoms with Crippen LogP contribution >= 0.6 is 11.6 Å². The van der Waals surface area contributed by atoms with Crippen LogP contribution in [-0.2, 0) is 11.6 Å². The Morgan fingerprint density at radius 2 is 1.79 bits per heavy atom. The molecule has 2 heterocycles. The second-order valence-electron chi connectivity index (χ2n) is 5.94. The van der Waals surface area contributed by atoms with Crippen LogP contribution in [0.25, 0.3) is 5.82 Å². The molecule has 0 spiro atoms. The van der Waals surface area contributed by atoms with Crippen LogP contribution in [0, 0.1) is 11.3 Å². The van der Waals surface area contributed by atoms with Gasteiger partial charge in [0.1, 0.15) is 11.9 Å². The van der Waals surface area contributed by atoms with Gasteiger partial charge in [0.25, 0.3) is 5.92 Å². The number of pyridine rings is 1. The highest BCUT2D eigenvalue weighted by molar-refractivity contribution is 6.32. The largest absolute Gasteiger partial charge is 0.417 e. The van der Waals surface area contributed by atoms with Crippen molar-refractivity contribution in [1.82, 2.24) is 14.8 Å². The summed E-state index contributed by atoms with van der Waals surface area (Å²) in [5.41, 5.74) is -1.79. The van der Waals surface area contributed by atoms with Crippen molar-refractivity contribution in [2.24, 2.45) is 0 Å². The molecule has 150 valence electrons. The maximum Gasteiger partial charge on any atom is 0.417 e. The van der Waals surface area contributed by atoms with E-state index >= 15 is 0 Å². The van der Waals surface area contributed by atoms with Gasteiger partial charge in [0.15, 0.2) is 16.9 Å². The van der Waals surface area contributed by atoms with Gasteiger partial charge >= 0.3 is 12.4 Å². The van der Waals surface area contributed by atoms with Gasteiger partial charge in [0.2, 0.25) is 0 Å². The summed E-state index contributed by atoms with van der Waals surface area (Å²) in [4.78, 5) is 3.36. The van der Waals surface area contributed by atoms with E-state index in [0.717, 1.165) is 0 Å². The van der Waals surface area contributed by atoms with E-state index in [2.05, 4.69) is 10.1 Å². The molecule has 0 aliphatic heterocycles. The first-order valence-electron chi connectivity index (χ1n) is 7.14. The number of aromatic nitrogens is 3. The fraction of sp³-hybridized carbons (Fsp3) is 0.357. The fourth-order valence-corrected chi connectivity index (χ4v) is 3.09. The summed E-state index contributed by atoms with van der Waals surface area (Å²) in [7, 11) is 0. The standard InChI is InChI=1S/C14H6ClF8N5/c15-6-1-5(13(18,19)20)3-26-10(6)28-9(25)8(7(2-24)27-28)11(14(21,22)23)4-12(11,16)17/h1,3H,4,25H2/t11-/m1/s1. The molecule has 3 rings (SSSR count). The third-order valence-electron chi connectivity index (χ3n) is 4.27. The maximum absolute atomic E-state index is 13.7. The number of nitrogens with zero attached hydrogens (tertiary/aromatic N) is 4. The van der Waals surface area contributed by atoms with Crippen LogP contribution < -0.4 is 5.73 Å². The molecule has 0 amide bonds. The normalized spacial score (nSPS) is 21.4. The molecule has 1 fully saturated rings. The minimum atomic E-state index is -5.47. The number of hydrogen-bond donors (Lipinski definition) is 1. The number of anilines is 1. The van der Waals surface area contributed by atoms with Crippen molar-refractivity contribution >= 4 is 17.4 Å². The quantitative estimate of drug-likeness (QED) is 0.722. The average Bonchev–Trinajstić information content (AvgIpc) is 2.99. The van der Waals surface area contributed by atoms with E-state index in [4.69, 9.17) is 22.6 Å². The maximum atomic E-state index is 13.7. The zero-order chi connectivity index (χ0) is 21.3. The molecule has 2 N–H and O–H groups in total. The number of hydrogen-bond acceptors (Lipinski definition) is 4. The van der Waals surface area contributed by atoms with E-state index in [1.807, 2.05) is 0 Å². The van der Waals surface area contributed by atoms with Crippen LogP contribution in [0.3, 0.4) is 0 Å². The summed E-state index contributed by atoms with van der Waals surface area (Å²) < 4.78 is 106. The third-order valence-corrected chi connectivity index (χ3v) is 4.55. The molecule has 1 aliphatic rings. The van der Waals surface area contributed by atoms with E-state index < -0.39 is 63.6 Å². The molecule has 0 aromatic carbocycles. The number of halogens is 9. The molecule has 1 saturated carbocycles. The number of alkyl halides is 8. The first-order chi connectivity index (χ1) is 12.7. The highest BCUT2D eigenvalue weighted by Gasteiger charge is 2.86. The molecule has 28 heavy (non-hydrogen) atoms. The molecule has 2 aromatic rings. The minimum absolute atomic E-state index is 0.305. The van der Waals surface area contributed by atoms with E-state index in [9.17, 15) is 35.1 Å². The lowest BCUT2D eigenvalue weighted by Crippen LogP contribution is -2.35. The van der Waals surface area contributed by atoms with Crippen molar-refractivity contribution in [3.8, 4) is 11.9 Å². The molecule has 0 bridgehead atoms. The molecule has 0 unspecified atom stereocenters. The second kappa shape index (κ2) is 5.69. The Balaban J connectivity index is 2.22. The van der Waals surface area contributed by atoms with Gasteiger partial charge in [-0.2, -0.15) is 41.4 Å². The highest BCUT2D eigenvalue weighted by Crippen LogP contribution is 2.70. The van der Waals surface area contributed by atoms with Gasteiger partial charge in [-0.15, -0.1) is 0 Å². The Hall–Kier alpha value is -2.62. The van der Waals surface area contributed by atoms with Gasteiger partial charge < -0.3 is 5.73 Å². The zero-order valence-corrected chi connectivity index (χ0v) is 13.9. The molecule has 0 radical (unpaired) electrons. The summed E-state index contributed by atoms with van der Waals surface area (Å²) in [5, 5.41) is 11.7. The molecule has 5 nitrogen and oxygen atoms in total. The lowest BCUT2D eigenvalue weighted by atomic mass is 9.94. The van der Waals surface area contributed by atoms with Gasteiger partial charge in [0, 0.05) is 12.6 Å². The Bertz CT molecular complexity index is 1000.